The highest BCUT2D eigenvalue weighted by molar-refractivity contribution is 8.04. The molecular formula is C23H28N2O6S. The molecule has 9 heteroatoms. The summed E-state index contributed by atoms with van der Waals surface area (Å²) in [5.41, 5.74) is 7.26. The fourth-order valence-electron chi connectivity index (χ4n) is 3.68. The van der Waals surface area contributed by atoms with Crippen LogP contribution < -0.4 is 10.5 Å². The van der Waals surface area contributed by atoms with Crippen LogP contribution in [-0.2, 0) is 23.9 Å². The molecule has 1 aromatic carbocycles. The third-order valence-electron chi connectivity index (χ3n) is 5.26. The lowest BCUT2D eigenvalue weighted by Gasteiger charge is -2.33. The van der Waals surface area contributed by atoms with Gasteiger partial charge in [0.2, 0.25) is 5.91 Å². The van der Waals surface area contributed by atoms with Crippen molar-refractivity contribution in [3.8, 4) is 5.75 Å². The van der Waals surface area contributed by atoms with Gasteiger partial charge in [0.05, 0.1) is 47.7 Å². The van der Waals surface area contributed by atoms with Gasteiger partial charge < -0.3 is 19.9 Å². The van der Waals surface area contributed by atoms with Gasteiger partial charge in [-0.1, -0.05) is 37.2 Å². The van der Waals surface area contributed by atoms with Crippen molar-refractivity contribution in [3.63, 3.8) is 0 Å². The van der Waals surface area contributed by atoms with E-state index in [0.29, 0.717) is 22.8 Å². The number of amides is 1. The lowest BCUT2D eigenvalue weighted by molar-refractivity contribution is -0.140. The smallest absolute Gasteiger partial charge is 0.338 e. The molecule has 2 heterocycles. The molecule has 0 saturated carbocycles. The Morgan fingerprint density at radius 3 is 2.53 bits per heavy atom. The van der Waals surface area contributed by atoms with Crippen molar-refractivity contribution < 1.29 is 28.6 Å². The molecule has 0 radical (unpaired) electrons. The Balaban J connectivity index is 2.23. The van der Waals surface area contributed by atoms with Crippen LogP contribution in [0.2, 0.25) is 0 Å². The molecule has 0 aliphatic carbocycles. The number of hydrogen-bond acceptors (Lipinski definition) is 8. The largest absolute Gasteiger partial charge is 0.497 e. The minimum atomic E-state index is -0.866. The van der Waals surface area contributed by atoms with Crippen LogP contribution in [0.5, 0.6) is 5.75 Å². The van der Waals surface area contributed by atoms with Gasteiger partial charge in [0, 0.05) is 0 Å². The van der Waals surface area contributed by atoms with Gasteiger partial charge >= 0.3 is 11.9 Å². The Bertz CT molecular complexity index is 986. The molecule has 0 unspecified atom stereocenters. The predicted octanol–water partition coefficient (Wildman–Crippen LogP) is 3.04. The Hall–Kier alpha value is -2.94. The predicted molar refractivity (Wildman–Crippen MR) is 120 cm³/mol. The maximum absolute atomic E-state index is 13.2. The number of fused-ring (bicyclic) bond motifs is 1. The highest BCUT2D eigenvalue weighted by atomic mass is 32.2. The molecule has 172 valence electrons. The van der Waals surface area contributed by atoms with Gasteiger partial charge in [0.1, 0.15) is 11.6 Å². The molecule has 32 heavy (non-hydrogen) atoms. The summed E-state index contributed by atoms with van der Waals surface area (Å²) in [6, 6.07) is 7.04. The average Bonchev–Trinajstić information content (AvgIpc) is 3.08. The number of unbranched alkanes of at least 4 members (excludes halogenated alkanes) is 1. The first kappa shape index (κ1) is 23.7. The van der Waals surface area contributed by atoms with Crippen LogP contribution in [0.15, 0.2) is 46.3 Å². The maximum atomic E-state index is 13.2. The van der Waals surface area contributed by atoms with Crippen LogP contribution in [0.4, 0.5) is 0 Å². The van der Waals surface area contributed by atoms with Gasteiger partial charge in [-0.15, -0.1) is 0 Å². The monoisotopic (exact) mass is 460 g/mol. The summed E-state index contributed by atoms with van der Waals surface area (Å²) in [6.45, 7) is 5.76. The average molecular weight is 461 g/mol. The molecule has 0 aromatic heterocycles. The molecule has 1 aromatic rings. The zero-order chi connectivity index (χ0) is 23.4. The summed E-state index contributed by atoms with van der Waals surface area (Å²) < 4.78 is 16.2. The van der Waals surface area contributed by atoms with Crippen molar-refractivity contribution in [3.05, 3.63) is 51.8 Å². The highest BCUT2D eigenvalue weighted by Crippen LogP contribution is 2.50. The molecule has 2 aliphatic heterocycles. The minimum Gasteiger partial charge on any atom is -0.497 e. The highest BCUT2D eigenvalue weighted by Gasteiger charge is 2.49. The summed E-state index contributed by atoms with van der Waals surface area (Å²) in [5.74, 6) is -1.91. The van der Waals surface area contributed by atoms with Crippen LogP contribution in [0, 0.1) is 0 Å². The van der Waals surface area contributed by atoms with E-state index in [1.807, 2.05) is 6.92 Å². The topological polar surface area (TPSA) is 108 Å². The number of nitrogens with zero attached hydrogens (tertiary/aromatic N) is 1. The van der Waals surface area contributed by atoms with Gasteiger partial charge in [-0.2, -0.15) is 0 Å². The van der Waals surface area contributed by atoms with E-state index in [1.54, 1.807) is 38.1 Å². The molecule has 2 atom stereocenters. The minimum absolute atomic E-state index is 0.0239. The molecule has 2 N–H and O–H groups in total. The number of rotatable bonds is 8. The lowest BCUT2D eigenvalue weighted by Crippen LogP contribution is -2.40. The van der Waals surface area contributed by atoms with Crippen molar-refractivity contribution in [2.45, 2.75) is 44.8 Å². The Morgan fingerprint density at radius 2 is 1.88 bits per heavy atom. The van der Waals surface area contributed by atoms with Crippen molar-refractivity contribution >= 4 is 29.6 Å². The first-order valence-electron chi connectivity index (χ1n) is 10.6. The third kappa shape index (κ3) is 4.34. The van der Waals surface area contributed by atoms with Gasteiger partial charge in [0.15, 0.2) is 0 Å². The van der Waals surface area contributed by atoms with Crippen LogP contribution in [-0.4, -0.2) is 48.3 Å². The normalized spacial score (nSPS) is 20.4. The molecule has 0 bridgehead atoms. The second-order valence-electron chi connectivity index (χ2n) is 7.37. The van der Waals surface area contributed by atoms with Gasteiger partial charge in [0.25, 0.3) is 0 Å². The first-order valence-corrected chi connectivity index (χ1v) is 11.5. The van der Waals surface area contributed by atoms with Crippen LogP contribution in [0.25, 0.3) is 0 Å². The van der Waals surface area contributed by atoms with Gasteiger partial charge in [-0.05, 0) is 38.0 Å². The summed E-state index contributed by atoms with van der Waals surface area (Å²) in [7, 11) is 1.53. The zero-order valence-corrected chi connectivity index (χ0v) is 19.5. The fraction of sp³-hybridized carbons (Fsp3) is 0.435. The quantitative estimate of drug-likeness (QED) is 0.466. The zero-order valence-electron chi connectivity index (χ0n) is 18.7. The number of carbonyl (C=O) groups excluding carboxylic acids is 3. The molecule has 0 spiro atoms. The molecule has 2 aliphatic rings. The second kappa shape index (κ2) is 10.1. The molecule has 1 saturated heterocycles. The van der Waals surface area contributed by atoms with E-state index >= 15 is 0 Å². The maximum Gasteiger partial charge on any atom is 0.338 e. The second-order valence-corrected chi connectivity index (χ2v) is 8.70. The number of thioether (sulfide) groups is 1. The standard InChI is InChI=1S/C23H28N2O6S/c1-5-7-11-31-22(27)17-16(14-9-8-10-15(12-14)29-4)18(23(28)30-6-2)21-25(19(17)24)20(26)13(3)32-21/h8-10,12-13,16H,5-7,11,24H2,1-4H3/t13-,16+/m0/s1. The summed E-state index contributed by atoms with van der Waals surface area (Å²) in [5, 5.41) is -0.0780. The van der Waals surface area contributed by atoms with Crippen molar-refractivity contribution in [1.29, 1.82) is 0 Å². The Labute approximate surface area is 191 Å². The third-order valence-corrected chi connectivity index (χ3v) is 6.44. The number of ether oxygens (including phenoxy) is 3. The van der Waals surface area contributed by atoms with E-state index in [9.17, 15) is 14.4 Å². The van der Waals surface area contributed by atoms with E-state index in [2.05, 4.69) is 0 Å². The summed E-state index contributed by atoms with van der Waals surface area (Å²) >= 11 is 1.22. The summed E-state index contributed by atoms with van der Waals surface area (Å²) in [6.07, 6.45) is 1.53. The van der Waals surface area contributed by atoms with Gasteiger partial charge in [-0.25, -0.2) is 9.59 Å². The van der Waals surface area contributed by atoms with Crippen LogP contribution >= 0.6 is 11.8 Å². The number of nitrogens with two attached hydrogens (primary N) is 1. The molecule has 3 rings (SSSR count). The number of hydrogen-bond donors (Lipinski definition) is 1. The van der Waals surface area contributed by atoms with E-state index in [1.165, 1.54) is 23.8 Å². The molecular weight excluding hydrogens is 432 g/mol. The number of esters is 2. The van der Waals surface area contributed by atoms with Crippen molar-refractivity contribution in [2.75, 3.05) is 20.3 Å². The van der Waals surface area contributed by atoms with Gasteiger partial charge in [-0.3, -0.25) is 9.69 Å². The number of benzene rings is 1. The SMILES string of the molecule is CCCCOC(=O)C1=C(N)N2C(=O)[C@H](C)SC2=C(C(=O)OCC)[C@@H]1c1cccc(OC)c1. The number of carbonyl (C=O) groups is 3. The Kier molecular flexibility index (Phi) is 7.50. The summed E-state index contributed by atoms with van der Waals surface area (Å²) in [4.78, 5) is 40.5. The molecule has 1 amide bonds. The number of methoxy groups -OCH3 is 1. The Morgan fingerprint density at radius 1 is 1.16 bits per heavy atom. The van der Waals surface area contributed by atoms with Crippen molar-refractivity contribution in [1.82, 2.24) is 4.90 Å². The van der Waals surface area contributed by atoms with E-state index in [0.717, 1.165) is 6.42 Å². The molecule has 1 fully saturated rings. The van der Waals surface area contributed by atoms with E-state index < -0.39 is 23.1 Å². The first-order chi connectivity index (χ1) is 15.3. The van der Waals surface area contributed by atoms with E-state index in [4.69, 9.17) is 19.9 Å². The van der Waals surface area contributed by atoms with Crippen LogP contribution in [0.1, 0.15) is 45.1 Å². The van der Waals surface area contributed by atoms with E-state index in [-0.39, 0.29) is 36.1 Å². The molecule has 8 nitrogen and oxygen atoms in total. The fourth-order valence-corrected chi connectivity index (χ4v) is 4.84. The lowest BCUT2D eigenvalue weighted by atomic mass is 9.82. The van der Waals surface area contributed by atoms with Crippen LogP contribution in [0.3, 0.4) is 0 Å². The van der Waals surface area contributed by atoms with Crippen molar-refractivity contribution in [2.24, 2.45) is 5.73 Å².